The SMILES string of the molecule is N=C(N)CC=CI. The standard InChI is InChI=1S/C4H7IN2/c5-3-1-2-4(6)7/h1,3H,2H2,(H3,6,7). The summed E-state index contributed by atoms with van der Waals surface area (Å²) in [7, 11) is 0. The number of amidine groups is 1. The van der Waals surface area contributed by atoms with Gasteiger partial charge in [0.05, 0.1) is 5.84 Å². The second kappa shape index (κ2) is 4.11. The van der Waals surface area contributed by atoms with E-state index in [1.807, 2.05) is 10.2 Å². The fourth-order valence-corrected chi connectivity index (χ4v) is 0.426. The van der Waals surface area contributed by atoms with Crippen LogP contribution in [0.25, 0.3) is 0 Å². The van der Waals surface area contributed by atoms with E-state index in [2.05, 4.69) is 22.6 Å². The molecule has 0 amide bonds. The Morgan fingerprint density at radius 3 is 2.57 bits per heavy atom. The van der Waals surface area contributed by atoms with Crippen LogP contribution in [-0.4, -0.2) is 5.84 Å². The van der Waals surface area contributed by atoms with Crippen molar-refractivity contribution in [2.75, 3.05) is 0 Å². The molecule has 0 saturated heterocycles. The second-order valence-corrected chi connectivity index (χ2v) is 1.81. The van der Waals surface area contributed by atoms with E-state index in [-0.39, 0.29) is 5.84 Å². The Morgan fingerprint density at radius 2 is 2.43 bits per heavy atom. The van der Waals surface area contributed by atoms with Crippen LogP contribution in [0.1, 0.15) is 6.42 Å². The minimum atomic E-state index is 0.216. The molecule has 0 aliphatic carbocycles. The van der Waals surface area contributed by atoms with Gasteiger partial charge in [-0.05, 0) is 4.08 Å². The van der Waals surface area contributed by atoms with Gasteiger partial charge in [0.2, 0.25) is 0 Å². The molecule has 40 valence electrons. The molecule has 0 rings (SSSR count). The third-order valence-corrected chi connectivity index (χ3v) is 0.935. The van der Waals surface area contributed by atoms with E-state index in [1.54, 1.807) is 0 Å². The smallest absolute Gasteiger partial charge is 0.0944 e. The first-order chi connectivity index (χ1) is 3.27. The Labute approximate surface area is 56.4 Å². The quantitative estimate of drug-likeness (QED) is 0.402. The minimum Gasteiger partial charge on any atom is -0.387 e. The largest absolute Gasteiger partial charge is 0.387 e. The molecule has 3 N–H and O–H groups in total. The fraction of sp³-hybridized carbons (Fsp3) is 0.250. The number of nitrogens with one attached hydrogen (secondary N) is 1. The van der Waals surface area contributed by atoms with E-state index in [0.717, 1.165) is 0 Å². The van der Waals surface area contributed by atoms with Gasteiger partial charge in [-0.25, -0.2) is 0 Å². The average molecular weight is 210 g/mol. The highest BCUT2D eigenvalue weighted by Gasteiger charge is 1.77. The topological polar surface area (TPSA) is 49.9 Å². The molecule has 0 aromatic heterocycles. The predicted octanol–water partition coefficient (Wildman–Crippen LogP) is 1.26. The van der Waals surface area contributed by atoms with Gasteiger partial charge in [0.15, 0.2) is 0 Å². The lowest BCUT2D eigenvalue weighted by Crippen LogP contribution is -2.06. The maximum Gasteiger partial charge on any atom is 0.0944 e. The highest BCUT2D eigenvalue weighted by Crippen LogP contribution is 1.86. The summed E-state index contributed by atoms with van der Waals surface area (Å²) in [6.07, 6.45) is 2.41. The number of hydrogen-bond acceptors (Lipinski definition) is 1. The molecule has 0 aliphatic heterocycles. The van der Waals surface area contributed by atoms with Crippen molar-refractivity contribution in [3.63, 3.8) is 0 Å². The highest BCUT2D eigenvalue weighted by molar-refractivity contribution is 14.1. The zero-order valence-electron chi connectivity index (χ0n) is 3.82. The normalized spacial score (nSPS) is 9.86. The van der Waals surface area contributed by atoms with Gasteiger partial charge >= 0.3 is 0 Å². The molecule has 0 radical (unpaired) electrons. The molecule has 0 aliphatic rings. The van der Waals surface area contributed by atoms with Crippen LogP contribution in [0.4, 0.5) is 0 Å². The summed E-state index contributed by atoms with van der Waals surface area (Å²) in [5.41, 5.74) is 5.01. The Hall–Kier alpha value is -0.0600. The van der Waals surface area contributed by atoms with Crippen molar-refractivity contribution in [3.05, 3.63) is 10.2 Å². The zero-order chi connectivity index (χ0) is 5.70. The number of nitrogens with two attached hydrogens (primary N) is 1. The number of rotatable bonds is 2. The van der Waals surface area contributed by atoms with Gasteiger partial charge < -0.3 is 5.73 Å². The van der Waals surface area contributed by atoms with Gasteiger partial charge in [-0.3, -0.25) is 5.41 Å². The van der Waals surface area contributed by atoms with Crippen molar-refractivity contribution in [1.82, 2.24) is 0 Å². The van der Waals surface area contributed by atoms with Crippen LogP contribution in [0.5, 0.6) is 0 Å². The van der Waals surface area contributed by atoms with Crippen LogP contribution in [0.3, 0.4) is 0 Å². The molecule has 0 aromatic carbocycles. The summed E-state index contributed by atoms with van der Waals surface area (Å²) in [5.74, 6) is 0.216. The summed E-state index contributed by atoms with van der Waals surface area (Å²) in [4.78, 5) is 0. The molecule has 0 fully saturated rings. The van der Waals surface area contributed by atoms with Crippen molar-refractivity contribution < 1.29 is 0 Å². The van der Waals surface area contributed by atoms with Crippen molar-refractivity contribution in [1.29, 1.82) is 5.41 Å². The molecule has 0 bridgehead atoms. The second-order valence-electron chi connectivity index (χ2n) is 1.09. The molecule has 0 unspecified atom stereocenters. The number of halogens is 1. The molecule has 0 aromatic rings. The first-order valence-corrected chi connectivity index (χ1v) is 3.10. The summed E-state index contributed by atoms with van der Waals surface area (Å²) >= 11 is 2.09. The molecule has 0 heterocycles. The zero-order valence-corrected chi connectivity index (χ0v) is 5.97. The minimum absolute atomic E-state index is 0.216. The third kappa shape index (κ3) is 5.94. The van der Waals surface area contributed by atoms with Crippen molar-refractivity contribution in [2.24, 2.45) is 5.73 Å². The molecule has 0 atom stereocenters. The summed E-state index contributed by atoms with van der Waals surface area (Å²) in [6, 6.07) is 0. The van der Waals surface area contributed by atoms with Gasteiger partial charge in [0.25, 0.3) is 0 Å². The van der Waals surface area contributed by atoms with Gasteiger partial charge in [-0.2, -0.15) is 0 Å². The molecule has 0 saturated carbocycles. The predicted molar refractivity (Wildman–Crippen MR) is 39.7 cm³/mol. The van der Waals surface area contributed by atoms with E-state index in [4.69, 9.17) is 11.1 Å². The maximum absolute atomic E-state index is 6.72. The maximum atomic E-state index is 6.72. The Bertz CT molecular complexity index is 87.7. The van der Waals surface area contributed by atoms with E-state index in [0.29, 0.717) is 6.42 Å². The summed E-state index contributed by atoms with van der Waals surface area (Å²) in [6.45, 7) is 0. The first-order valence-electron chi connectivity index (χ1n) is 1.85. The van der Waals surface area contributed by atoms with E-state index >= 15 is 0 Å². The van der Waals surface area contributed by atoms with E-state index in [1.165, 1.54) is 0 Å². The van der Waals surface area contributed by atoms with Gasteiger partial charge in [0, 0.05) is 6.42 Å². The fourth-order valence-electron chi connectivity index (χ4n) is 0.172. The van der Waals surface area contributed by atoms with Crippen molar-refractivity contribution >= 4 is 28.4 Å². The third-order valence-electron chi connectivity index (χ3n) is 0.427. The molecular weight excluding hydrogens is 203 g/mol. The van der Waals surface area contributed by atoms with Gasteiger partial charge in [0.1, 0.15) is 0 Å². The lowest BCUT2D eigenvalue weighted by Gasteiger charge is -1.83. The highest BCUT2D eigenvalue weighted by atomic mass is 127. The van der Waals surface area contributed by atoms with Gasteiger partial charge in [-0.1, -0.05) is 28.7 Å². The summed E-state index contributed by atoms with van der Waals surface area (Å²) in [5, 5.41) is 6.72. The van der Waals surface area contributed by atoms with Crippen LogP contribution < -0.4 is 5.73 Å². The van der Waals surface area contributed by atoms with Crippen LogP contribution in [0.2, 0.25) is 0 Å². The van der Waals surface area contributed by atoms with E-state index in [9.17, 15) is 0 Å². The van der Waals surface area contributed by atoms with Crippen LogP contribution >= 0.6 is 22.6 Å². The van der Waals surface area contributed by atoms with Crippen molar-refractivity contribution in [2.45, 2.75) is 6.42 Å². The first kappa shape index (κ1) is 6.94. The van der Waals surface area contributed by atoms with Crippen LogP contribution in [0.15, 0.2) is 10.2 Å². The Morgan fingerprint density at radius 1 is 1.86 bits per heavy atom. The Balaban J connectivity index is 3.14. The monoisotopic (exact) mass is 210 g/mol. The van der Waals surface area contributed by atoms with Gasteiger partial charge in [-0.15, -0.1) is 0 Å². The summed E-state index contributed by atoms with van der Waals surface area (Å²) < 4.78 is 1.85. The van der Waals surface area contributed by atoms with Crippen LogP contribution in [0, 0.1) is 5.41 Å². The molecule has 0 spiro atoms. The number of hydrogen-bond donors (Lipinski definition) is 2. The molecule has 3 heteroatoms. The lowest BCUT2D eigenvalue weighted by molar-refractivity contribution is 1.32. The van der Waals surface area contributed by atoms with E-state index < -0.39 is 0 Å². The molecule has 7 heavy (non-hydrogen) atoms. The lowest BCUT2D eigenvalue weighted by atomic mass is 10.4. The average Bonchev–Trinajstić information content (AvgIpc) is 1.61. The molecular formula is C4H7IN2. The van der Waals surface area contributed by atoms with Crippen LogP contribution in [-0.2, 0) is 0 Å². The Kier molecular flexibility index (Phi) is 4.07. The molecule has 2 nitrogen and oxygen atoms in total. The van der Waals surface area contributed by atoms with Crippen molar-refractivity contribution in [3.8, 4) is 0 Å².